The fraction of sp³-hybridized carbons (Fsp3) is 0.385. The van der Waals surface area contributed by atoms with Crippen LogP contribution in [0.1, 0.15) is 53.6 Å². The zero-order valence-electron chi connectivity index (χ0n) is 18.6. The number of esters is 1. The van der Waals surface area contributed by atoms with E-state index >= 15 is 0 Å². The lowest BCUT2D eigenvalue weighted by molar-refractivity contribution is -0.115. The number of fused-ring (bicyclic) bond motifs is 2. The van der Waals surface area contributed by atoms with Crippen molar-refractivity contribution < 1.29 is 14.3 Å². The lowest BCUT2D eigenvalue weighted by Crippen LogP contribution is -2.26. The van der Waals surface area contributed by atoms with Gasteiger partial charge in [-0.15, -0.1) is 11.3 Å². The number of carbonyl (C=O) groups excluding carboxylic acids is 2. The Kier molecular flexibility index (Phi) is 5.89. The fourth-order valence-corrected chi connectivity index (χ4v) is 5.85. The molecule has 4 rings (SSSR count). The van der Waals surface area contributed by atoms with E-state index in [1.807, 2.05) is 42.5 Å². The van der Waals surface area contributed by atoms with Gasteiger partial charge < -0.3 is 10.1 Å². The van der Waals surface area contributed by atoms with Gasteiger partial charge in [-0.3, -0.25) is 4.79 Å². The summed E-state index contributed by atoms with van der Waals surface area (Å²) in [7, 11) is 1.40. The number of thiophene rings is 1. The Morgan fingerprint density at radius 2 is 1.87 bits per heavy atom. The van der Waals surface area contributed by atoms with Crippen LogP contribution in [-0.4, -0.2) is 19.0 Å². The molecule has 1 amide bonds. The van der Waals surface area contributed by atoms with Gasteiger partial charge >= 0.3 is 5.97 Å². The van der Waals surface area contributed by atoms with E-state index in [-0.39, 0.29) is 23.7 Å². The van der Waals surface area contributed by atoms with E-state index in [1.165, 1.54) is 23.3 Å². The Hall–Kier alpha value is -2.66. The summed E-state index contributed by atoms with van der Waals surface area (Å²) in [6.07, 6.45) is 3.08. The quantitative estimate of drug-likeness (QED) is 0.510. The number of rotatable bonds is 4. The van der Waals surface area contributed by atoms with Crippen molar-refractivity contribution in [2.45, 2.75) is 46.5 Å². The molecular formula is C26H29NO3S. The van der Waals surface area contributed by atoms with E-state index < -0.39 is 0 Å². The third-order valence-electron chi connectivity index (χ3n) is 6.36. The molecule has 1 unspecified atom stereocenters. The molecule has 0 bridgehead atoms. The Balaban J connectivity index is 1.61. The molecule has 5 heteroatoms. The Morgan fingerprint density at radius 3 is 2.61 bits per heavy atom. The fourth-order valence-electron chi connectivity index (χ4n) is 4.52. The van der Waals surface area contributed by atoms with E-state index in [0.29, 0.717) is 16.5 Å². The number of ether oxygens (including phenoxy) is 1. The summed E-state index contributed by atoms with van der Waals surface area (Å²) in [6.45, 7) is 6.80. The summed E-state index contributed by atoms with van der Waals surface area (Å²) >= 11 is 1.54. The monoisotopic (exact) mass is 435 g/mol. The number of hydrogen-bond acceptors (Lipinski definition) is 4. The van der Waals surface area contributed by atoms with Gasteiger partial charge in [-0.1, -0.05) is 63.2 Å². The predicted molar refractivity (Wildman–Crippen MR) is 127 cm³/mol. The highest BCUT2D eigenvalue weighted by Gasteiger charge is 2.34. The second kappa shape index (κ2) is 8.46. The van der Waals surface area contributed by atoms with Crippen LogP contribution in [0, 0.1) is 11.3 Å². The molecule has 31 heavy (non-hydrogen) atoms. The van der Waals surface area contributed by atoms with Gasteiger partial charge in [0.15, 0.2) is 0 Å². The number of nitrogens with one attached hydrogen (secondary N) is 1. The molecule has 0 aliphatic heterocycles. The Bertz CT molecular complexity index is 1130. The van der Waals surface area contributed by atoms with E-state index in [1.54, 1.807) is 0 Å². The first-order chi connectivity index (χ1) is 14.8. The van der Waals surface area contributed by atoms with Gasteiger partial charge in [0.1, 0.15) is 5.00 Å². The largest absolute Gasteiger partial charge is 0.465 e. The van der Waals surface area contributed by atoms with Gasteiger partial charge in [0, 0.05) is 4.88 Å². The Labute approximate surface area is 187 Å². The molecule has 162 valence electrons. The maximum absolute atomic E-state index is 13.0. The van der Waals surface area contributed by atoms with Crippen molar-refractivity contribution in [1.82, 2.24) is 0 Å². The predicted octanol–water partition coefficient (Wildman–Crippen LogP) is 6.02. The normalized spacial score (nSPS) is 16.1. The molecule has 0 fully saturated rings. The second-order valence-corrected chi connectivity index (χ2v) is 10.5. The second-order valence-electron chi connectivity index (χ2n) is 9.37. The third kappa shape index (κ3) is 4.38. The van der Waals surface area contributed by atoms with E-state index in [4.69, 9.17) is 4.74 Å². The van der Waals surface area contributed by atoms with Crippen LogP contribution < -0.4 is 5.32 Å². The minimum absolute atomic E-state index is 0.118. The van der Waals surface area contributed by atoms with Crippen molar-refractivity contribution in [3.63, 3.8) is 0 Å². The maximum Gasteiger partial charge on any atom is 0.341 e. The molecule has 1 heterocycles. The number of methoxy groups -OCH3 is 1. The van der Waals surface area contributed by atoms with Crippen molar-refractivity contribution in [2.75, 3.05) is 12.4 Å². The minimum atomic E-state index is -0.368. The van der Waals surface area contributed by atoms with E-state index in [0.717, 1.165) is 41.2 Å². The number of amides is 1. The number of carbonyl (C=O) groups is 2. The van der Waals surface area contributed by atoms with Gasteiger partial charge in [-0.25, -0.2) is 4.79 Å². The van der Waals surface area contributed by atoms with Crippen LogP contribution in [0.4, 0.5) is 5.00 Å². The molecule has 0 saturated heterocycles. The highest BCUT2D eigenvalue weighted by Crippen LogP contribution is 2.44. The molecule has 2 aromatic carbocycles. The van der Waals surface area contributed by atoms with Crippen LogP contribution >= 0.6 is 11.3 Å². The molecule has 0 saturated carbocycles. The molecule has 0 radical (unpaired) electrons. The molecule has 3 aromatic rings. The minimum Gasteiger partial charge on any atom is -0.465 e. The van der Waals surface area contributed by atoms with Crippen molar-refractivity contribution in [1.29, 1.82) is 0 Å². The molecular weight excluding hydrogens is 406 g/mol. The zero-order valence-corrected chi connectivity index (χ0v) is 19.4. The highest BCUT2D eigenvalue weighted by molar-refractivity contribution is 7.17. The zero-order chi connectivity index (χ0) is 22.2. The van der Waals surface area contributed by atoms with Crippen molar-refractivity contribution >= 4 is 39.0 Å². The van der Waals surface area contributed by atoms with Crippen molar-refractivity contribution in [2.24, 2.45) is 11.3 Å². The van der Waals surface area contributed by atoms with Gasteiger partial charge in [0.2, 0.25) is 5.91 Å². The number of benzene rings is 2. The standard InChI is InChI=1S/C26H29NO3S/c1-26(2,3)18-12-13-20-21(15-18)31-24(23(20)25(29)30-4)27-22(28)14-17-10-7-9-16-8-5-6-11-19(16)17/h5-11,18H,12-15H2,1-4H3,(H,27,28). The van der Waals surface area contributed by atoms with Gasteiger partial charge in [-0.05, 0) is 52.5 Å². The van der Waals surface area contributed by atoms with Crippen LogP contribution in [0.25, 0.3) is 10.8 Å². The highest BCUT2D eigenvalue weighted by atomic mass is 32.1. The molecule has 1 aromatic heterocycles. The summed E-state index contributed by atoms with van der Waals surface area (Å²) in [4.78, 5) is 26.8. The first kappa shape index (κ1) is 21.6. The summed E-state index contributed by atoms with van der Waals surface area (Å²) in [6, 6.07) is 14.1. The smallest absolute Gasteiger partial charge is 0.341 e. The molecule has 1 atom stereocenters. The summed E-state index contributed by atoms with van der Waals surface area (Å²) in [5.41, 5.74) is 2.79. The van der Waals surface area contributed by atoms with Crippen LogP contribution in [0.15, 0.2) is 42.5 Å². The van der Waals surface area contributed by atoms with Gasteiger partial charge in [0.25, 0.3) is 0 Å². The molecule has 1 aliphatic rings. The first-order valence-corrected chi connectivity index (χ1v) is 11.6. The van der Waals surface area contributed by atoms with Crippen LogP contribution in [0.5, 0.6) is 0 Å². The molecule has 1 aliphatic carbocycles. The first-order valence-electron chi connectivity index (χ1n) is 10.8. The SMILES string of the molecule is COC(=O)c1c(NC(=O)Cc2cccc3ccccc23)sc2c1CCC(C(C)(C)C)C2. The third-order valence-corrected chi connectivity index (χ3v) is 7.53. The van der Waals surface area contributed by atoms with Gasteiger partial charge in [0.05, 0.1) is 19.1 Å². The van der Waals surface area contributed by atoms with Gasteiger partial charge in [-0.2, -0.15) is 0 Å². The molecule has 4 nitrogen and oxygen atoms in total. The average Bonchev–Trinajstić information content (AvgIpc) is 3.09. The molecule has 1 N–H and O–H groups in total. The van der Waals surface area contributed by atoms with Crippen LogP contribution in [-0.2, 0) is 28.8 Å². The van der Waals surface area contributed by atoms with E-state index in [9.17, 15) is 9.59 Å². The van der Waals surface area contributed by atoms with Crippen molar-refractivity contribution in [3.8, 4) is 0 Å². The van der Waals surface area contributed by atoms with Crippen LogP contribution in [0.3, 0.4) is 0 Å². The van der Waals surface area contributed by atoms with E-state index in [2.05, 4.69) is 26.1 Å². The lowest BCUT2D eigenvalue weighted by Gasteiger charge is -2.33. The average molecular weight is 436 g/mol. The topological polar surface area (TPSA) is 55.4 Å². The molecule has 0 spiro atoms. The summed E-state index contributed by atoms with van der Waals surface area (Å²) in [5.74, 6) is 0.0722. The number of anilines is 1. The maximum atomic E-state index is 13.0. The Morgan fingerprint density at radius 1 is 1.13 bits per heavy atom. The lowest BCUT2D eigenvalue weighted by atomic mass is 9.72. The summed E-state index contributed by atoms with van der Waals surface area (Å²) < 4.78 is 5.07. The van der Waals surface area contributed by atoms with Crippen LogP contribution in [0.2, 0.25) is 0 Å². The number of hydrogen-bond donors (Lipinski definition) is 1. The van der Waals surface area contributed by atoms with Crippen molar-refractivity contribution in [3.05, 3.63) is 64.0 Å². The summed E-state index contributed by atoms with van der Waals surface area (Å²) in [5, 5.41) is 5.84.